The fourth-order valence-corrected chi connectivity index (χ4v) is 1.64. The summed E-state index contributed by atoms with van der Waals surface area (Å²) in [5.74, 6) is 0.895. The molecule has 0 fully saturated rings. The van der Waals surface area contributed by atoms with Crippen LogP contribution in [-0.4, -0.2) is 27.5 Å². The molecule has 0 spiro atoms. The van der Waals surface area contributed by atoms with Gasteiger partial charge in [0.2, 0.25) is 0 Å². The number of halogens is 2. The van der Waals surface area contributed by atoms with Crippen LogP contribution >= 0.6 is 11.6 Å². The van der Waals surface area contributed by atoms with Crippen molar-refractivity contribution in [1.29, 1.82) is 0 Å². The first-order valence-corrected chi connectivity index (χ1v) is 6.15. The first-order valence-electron chi connectivity index (χ1n) is 5.61. The van der Waals surface area contributed by atoms with Crippen LogP contribution in [0, 0.1) is 5.82 Å². The molecule has 0 atom stereocenters. The van der Waals surface area contributed by atoms with Crippen LogP contribution in [0.3, 0.4) is 0 Å². The van der Waals surface area contributed by atoms with Crippen molar-refractivity contribution in [3.63, 3.8) is 0 Å². The molecule has 0 amide bonds. The highest BCUT2D eigenvalue weighted by atomic mass is 35.5. The van der Waals surface area contributed by atoms with Gasteiger partial charge in [-0.15, -0.1) is 16.7 Å². The van der Waals surface area contributed by atoms with Gasteiger partial charge in [0.05, 0.1) is 12.2 Å². The van der Waals surface area contributed by atoms with Gasteiger partial charge in [0.25, 0.3) is 0 Å². The van der Waals surface area contributed by atoms with E-state index in [0.29, 0.717) is 31.2 Å². The monoisotopic (exact) mass is 269 g/mol. The maximum absolute atomic E-state index is 12.7. The summed E-state index contributed by atoms with van der Waals surface area (Å²) in [7, 11) is 0. The highest BCUT2D eigenvalue weighted by molar-refractivity contribution is 6.17. The highest BCUT2D eigenvalue weighted by Crippen LogP contribution is 2.10. The Morgan fingerprint density at radius 1 is 1.28 bits per heavy atom. The van der Waals surface area contributed by atoms with Crippen molar-refractivity contribution in [2.24, 2.45) is 0 Å². The standard InChI is InChI=1S/C12H13ClFN3O/c13-6-5-11-9-17(16-15-11)7-8-18-12-3-1-10(14)2-4-12/h1-4,9H,5-8H2. The van der Waals surface area contributed by atoms with E-state index >= 15 is 0 Å². The molecule has 4 nitrogen and oxygen atoms in total. The number of ether oxygens (including phenoxy) is 1. The van der Waals surface area contributed by atoms with E-state index in [1.165, 1.54) is 12.1 Å². The number of hydrogen-bond acceptors (Lipinski definition) is 3. The molecule has 6 heteroatoms. The largest absolute Gasteiger partial charge is 0.492 e. The third-order valence-electron chi connectivity index (χ3n) is 2.34. The van der Waals surface area contributed by atoms with E-state index in [0.717, 1.165) is 5.69 Å². The lowest BCUT2D eigenvalue weighted by molar-refractivity contribution is 0.289. The maximum Gasteiger partial charge on any atom is 0.123 e. The number of benzene rings is 1. The first kappa shape index (κ1) is 12.8. The van der Waals surface area contributed by atoms with Crippen molar-refractivity contribution >= 4 is 11.6 Å². The van der Waals surface area contributed by atoms with Crippen LogP contribution in [0.15, 0.2) is 30.5 Å². The zero-order chi connectivity index (χ0) is 12.8. The summed E-state index contributed by atoms with van der Waals surface area (Å²) in [5, 5.41) is 7.91. The van der Waals surface area contributed by atoms with Crippen LogP contribution in [0.5, 0.6) is 5.75 Å². The van der Waals surface area contributed by atoms with Crippen molar-refractivity contribution in [1.82, 2.24) is 15.0 Å². The number of rotatable bonds is 6. The van der Waals surface area contributed by atoms with Gasteiger partial charge in [0.1, 0.15) is 18.2 Å². The lowest BCUT2D eigenvalue weighted by atomic mass is 10.3. The van der Waals surface area contributed by atoms with Gasteiger partial charge in [-0.25, -0.2) is 9.07 Å². The lowest BCUT2D eigenvalue weighted by Gasteiger charge is -2.05. The van der Waals surface area contributed by atoms with Gasteiger partial charge < -0.3 is 4.74 Å². The molecule has 18 heavy (non-hydrogen) atoms. The Morgan fingerprint density at radius 2 is 2.06 bits per heavy atom. The fraction of sp³-hybridized carbons (Fsp3) is 0.333. The summed E-state index contributed by atoms with van der Waals surface area (Å²) in [6, 6.07) is 5.91. The molecule has 1 aromatic carbocycles. The number of alkyl halides is 1. The zero-order valence-corrected chi connectivity index (χ0v) is 10.5. The average molecular weight is 270 g/mol. The van der Waals surface area contributed by atoms with E-state index in [-0.39, 0.29) is 5.82 Å². The Kier molecular flexibility index (Phi) is 4.52. The number of hydrogen-bond donors (Lipinski definition) is 0. The molecule has 1 heterocycles. The Bertz CT molecular complexity index is 486. The molecule has 0 aliphatic carbocycles. The third kappa shape index (κ3) is 3.70. The number of aromatic nitrogens is 3. The van der Waals surface area contributed by atoms with Gasteiger partial charge in [-0.3, -0.25) is 0 Å². The Morgan fingerprint density at radius 3 is 2.78 bits per heavy atom. The summed E-state index contributed by atoms with van der Waals surface area (Å²) in [6.45, 7) is 1.04. The highest BCUT2D eigenvalue weighted by Gasteiger charge is 2.00. The molecular weight excluding hydrogens is 257 g/mol. The average Bonchev–Trinajstić information content (AvgIpc) is 2.80. The molecule has 0 N–H and O–H groups in total. The molecule has 2 rings (SSSR count). The second kappa shape index (κ2) is 6.35. The predicted octanol–water partition coefficient (Wildman–Crippen LogP) is 2.28. The first-order chi connectivity index (χ1) is 8.78. The Balaban J connectivity index is 1.79. The van der Waals surface area contributed by atoms with E-state index in [1.54, 1.807) is 16.8 Å². The quantitative estimate of drug-likeness (QED) is 0.756. The van der Waals surface area contributed by atoms with E-state index < -0.39 is 0 Å². The van der Waals surface area contributed by atoms with Crippen molar-refractivity contribution in [2.45, 2.75) is 13.0 Å². The summed E-state index contributed by atoms with van der Waals surface area (Å²) >= 11 is 5.61. The minimum atomic E-state index is -0.274. The van der Waals surface area contributed by atoms with Crippen molar-refractivity contribution < 1.29 is 9.13 Å². The smallest absolute Gasteiger partial charge is 0.123 e. The Labute approximate surface area is 109 Å². The molecule has 0 radical (unpaired) electrons. The van der Waals surface area contributed by atoms with Gasteiger partial charge >= 0.3 is 0 Å². The summed E-state index contributed by atoms with van der Waals surface area (Å²) < 4.78 is 19.8. The predicted molar refractivity (Wildman–Crippen MR) is 66.3 cm³/mol. The molecule has 0 saturated carbocycles. The molecule has 96 valence electrons. The van der Waals surface area contributed by atoms with Crippen molar-refractivity contribution in [3.8, 4) is 5.75 Å². The van der Waals surface area contributed by atoms with Crippen LogP contribution in [0.4, 0.5) is 4.39 Å². The minimum Gasteiger partial charge on any atom is -0.492 e. The third-order valence-corrected chi connectivity index (χ3v) is 2.53. The van der Waals surface area contributed by atoms with E-state index in [1.807, 2.05) is 6.20 Å². The van der Waals surface area contributed by atoms with Crippen LogP contribution in [0.25, 0.3) is 0 Å². The van der Waals surface area contributed by atoms with E-state index in [4.69, 9.17) is 16.3 Å². The zero-order valence-electron chi connectivity index (χ0n) is 9.72. The molecular formula is C12H13ClFN3O. The van der Waals surface area contributed by atoms with Crippen LogP contribution in [0.1, 0.15) is 5.69 Å². The molecule has 0 bridgehead atoms. The van der Waals surface area contributed by atoms with Gasteiger partial charge in [-0.1, -0.05) is 5.21 Å². The van der Waals surface area contributed by atoms with Gasteiger partial charge in [-0.2, -0.15) is 0 Å². The van der Waals surface area contributed by atoms with Crippen LogP contribution in [-0.2, 0) is 13.0 Å². The second-order valence-electron chi connectivity index (χ2n) is 3.71. The Hall–Kier alpha value is -1.62. The topological polar surface area (TPSA) is 39.9 Å². The fourth-order valence-electron chi connectivity index (χ4n) is 1.45. The van der Waals surface area contributed by atoms with Crippen LogP contribution < -0.4 is 4.74 Å². The van der Waals surface area contributed by atoms with Crippen molar-refractivity contribution in [2.75, 3.05) is 12.5 Å². The van der Waals surface area contributed by atoms with Crippen molar-refractivity contribution in [3.05, 3.63) is 42.0 Å². The van der Waals surface area contributed by atoms with E-state index in [2.05, 4.69) is 10.3 Å². The molecule has 2 aromatic rings. The molecule has 0 saturated heterocycles. The lowest BCUT2D eigenvalue weighted by Crippen LogP contribution is -2.08. The SMILES string of the molecule is Fc1ccc(OCCn2cc(CCCl)nn2)cc1. The molecule has 1 aromatic heterocycles. The second-order valence-corrected chi connectivity index (χ2v) is 4.09. The molecule has 0 unspecified atom stereocenters. The van der Waals surface area contributed by atoms with Gasteiger partial charge in [-0.05, 0) is 24.3 Å². The molecule has 0 aliphatic rings. The summed E-state index contributed by atoms with van der Waals surface area (Å²) in [5.41, 5.74) is 0.867. The minimum absolute atomic E-state index is 0.274. The maximum atomic E-state index is 12.7. The number of nitrogens with zero attached hydrogens (tertiary/aromatic N) is 3. The van der Waals surface area contributed by atoms with Gasteiger partial charge in [0, 0.05) is 18.5 Å². The van der Waals surface area contributed by atoms with Crippen LogP contribution in [0.2, 0.25) is 0 Å². The van der Waals surface area contributed by atoms with Gasteiger partial charge in [0.15, 0.2) is 0 Å². The summed E-state index contributed by atoms with van der Waals surface area (Å²) in [6.07, 6.45) is 2.55. The molecule has 0 aliphatic heterocycles. The summed E-state index contributed by atoms with van der Waals surface area (Å²) in [4.78, 5) is 0. The normalized spacial score (nSPS) is 10.6. The number of aryl methyl sites for hydroxylation is 1. The van der Waals surface area contributed by atoms with E-state index in [9.17, 15) is 4.39 Å².